The molecule has 0 bridgehead atoms. The van der Waals surface area contributed by atoms with Crippen molar-refractivity contribution in [1.29, 1.82) is 0 Å². The molecule has 0 unspecified atom stereocenters. The van der Waals surface area contributed by atoms with Gasteiger partial charge in [0.1, 0.15) is 11.5 Å². The van der Waals surface area contributed by atoms with Gasteiger partial charge in [0.2, 0.25) is 5.91 Å². The van der Waals surface area contributed by atoms with Gasteiger partial charge in [-0.1, -0.05) is 24.3 Å². The molecule has 2 aromatic carbocycles. The third kappa shape index (κ3) is 6.33. The van der Waals surface area contributed by atoms with E-state index in [1.807, 2.05) is 30.3 Å². The molecule has 0 atom stereocenters. The van der Waals surface area contributed by atoms with Crippen molar-refractivity contribution in [2.75, 3.05) is 18.5 Å². The van der Waals surface area contributed by atoms with Crippen molar-refractivity contribution < 1.29 is 19.1 Å². The van der Waals surface area contributed by atoms with Gasteiger partial charge in [-0.05, 0) is 49.9 Å². The molecule has 0 radical (unpaired) electrons. The van der Waals surface area contributed by atoms with Crippen LogP contribution in [0.5, 0.6) is 11.5 Å². The van der Waals surface area contributed by atoms with Crippen molar-refractivity contribution in [2.45, 2.75) is 31.8 Å². The molecule has 0 saturated heterocycles. The Kier molecular flexibility index (Phi) is 6.68. The largest absolute Gasteiger partial charge is 0.490 e. The third-order valence-electron chi connectivity index (χ3n) is 4.28. The Balaban J connectivity index is 1.40. The second-order valence-electron chi connectivity index (χ2n) is 6.48. The van der Waals surface area contributed by atoms with Gasteiger partial charge in [0.05, 0.1) is 12.6 Å². The zero-order chi connectivity index (χ0) is 18.9. The molecule has 1 aliphatic carbocycles. The van der Waals surface area contributed by atoms with E-state index in [0.717, 1.165) is 18.6 Å². The number of carbonyl (C=O) groups excluding carboxylic acids is 2. The van der Waals surface area contributed by atoms with Crippen LogP contribution in [0.25, 0.3) is 0 Å². The van der Waals surface area contributed by atoms with Crippen molar-refractivity contribution in [2.24, 2.45) is 0 Å². The van der Waals surface area contributed by atoms with E-state index in [1.54, 1.807) is 24.3 Å². The Morgan fingerprint density at radius 2 is 1.67 bits per heavy atom. The van der Waals surface area contributed by atoms with Crippen LogP contribution in [-0.4, -0.2) is 31.1 Å². The van der Waals surface area contributed by atoms with E-state index >= 15 is 0 Å². The molecule has 2 aromatic rings. The predicted molar refractivity (Wildman–Crippen MR) is 103 cm³/mol. The van der Waals surface area contributed by atoms with E-state index in [0.29, 0.717) is 11.4 Å². The summed E-state index contributed by atoms with van der Waals surface area (Å²) < 4.78 is 11.3. The Bertz CT molecular complexity index is 758. The maximum absolute atomic E-state index is 12.0. The minimum Gasteiger partial charge on any atom is -0.490 e. The lowest BCUT2D eigenvalue weighted by atomic mass is 10.2. The molecule has 2 N–H and O–H groups in total. The summed E-state index contributed by atoms with van der Waals surface area (Å²) in [5.41, 5.74) is 0.644. The first-order valence-electron chi connectivity index (χ1n) is 9.20. The minimum absolute atomic E-state index is 0.120. The Morgan fingerprint density at radius 1 is 0.926 bits per heavy atom. The van der Waals surface area contributed by atoms with Gasteiger partial charge < -0.3 is 20.1 Å². The van der Waals surface area contributed by atoms with E-state index in [-0.39, 0.29) is 31.1 Å². The topological polar surface area (TPSA) is 76.7 Å². The van der Waals surface area contributed by atoms with Gasteiger partial charge in [-0.3, -0.25) is 9.59 Å². The number of carbonyl (C=O) groups is 2. The van der Waals surface area contributed by atoms with Crippen LogP contribution in [0.4, 0.5) is 5.69 Å². The number of ether oxygens (including phenoxy) is 2. The first kappa shape index (κ1) is 18.8. The number of amides is 2. The van der Waals surface area contributed by atoms with E-state index in [1.165, 1.54) is 12.8 Å². The molecule has 0 spiro atoms. The number of benzene rings is 2. The zero-order valence-electron chi connectivity index (χ0n) is 15.1. The highest BCUT2D eigenvalue weighted by molar-refractivity contribution is 5.94. The van der Waals surface area contributed by atoms with E-state index in [4.69, 9.17) is 9.47 Å². The molecular formula is C21H24N2O4. The van der Waals surface area contributed by atoms with Gasteiger partial charge in [0.25, 0.3) is 5.91 Å². The van der Waals surface area contributed by atoms with Crippen molar-refractivity contribution in [3.05, 3.63) is 54.6 Å². The monoisotopic (exact) mass is 368 g/mol. The summed E-state index contributed by atoms with van der Waals surface area (Å²) in [6.45, 7) is -0.257. The molecule has 1 saturated carbocycles. The van der Waals surface area contributed by atoms with Crippen molar-refractivity contribution >= 4 is 17.5 Å². The number of anilines is 1. The van der Waals surface area contributed by atoms with Crippen LogP contribution in [-0.2, 0) is 9.59 Å². The van der Waals surface area contributed by atoms with Gasteiger partial charge in [0.15, 0.2) is 6.61 Å². The van der Waals surface area contributed by atoms with Gasteiger partial charge in [-0.2, -0.15) is 0 Å². The van der Waals surface area contributed by atoms with Crippen LogP contribution in [0.3, 0.4) is 0 Å². The van der Waals surface area contributed by atoms with Gasteiger partial charge in [-0.25, -0.2) is 0 Å². The maximum Gasteiger partial charge on any atom is 0.258 e. The summed E-state index contributed by atoms with van der Waals surface area (Å²) in [6, 6.07) is 16.4. The van der Waals surface area contributed by atoms with Gasteiger partial charge >= 0.3 is 0 Å². The second kappa shape index (κ2) is 9.62. The van der Waals surface area contributed by atoms with Crippen LogP contribution in [0, 0.1) is 0 Å². The normalized spacial score (nSPS) is 13.8. The minimum atomic E-state index is -0.354. The number of para-hydroxylation sites is 1. The van der Waals surface area contributed by atoms with Crippen LogP contribution in [0.1, 0.15) is 25.7 Å². The molecule has 2 amide bonds. The lowest BCUT2D eigenvalue weighted by Gasteiger charge is -2.14. The number of hydrogen-bond acceptors (Lipinski definition) is 4. The average molecular weight is 368 g/mol. The van der Waals surface area contributed by atoms with Crippen LogP contribution in [0.2, 0.25) is 0 Å². The summed E-state index contributed by atoms with van der Waals surface area (Å²) in [5, 5.41) is 5.30. The van der Waals surface area contributed by atoms with E-state index < -0.39 is 0 Å². The van der Waals surface area contributed by atoms with Crippen LogP contribution >= 0.6 is 0 Å². The lowest BCUT2D eigenvalue weighted by Crippen LogP contribution is -2.35. The SMILES string of the molecule is O=C(COc1ccccc1)NCC(=O)Nc1cccc(OC2CCCC2)c1. The highest BCUT2D eigenvalue weighted by Crippen LogP contribution is 2.25. The van der Waals surface area contributed by atoms with Gasteiger partial charge in [-0.15, -0.1) is 0 Å². The smallest absolute Gasteiger partial charge is 0.258 e. The average Bonchev–Trinajstić information content (AvgIpc) is 3.19. The fourth-order valence-electron chi connectivity index (χ4n) is 2.95. The van der Waals surface area contributed by atoms with Gasteiger partial charge in [0, 0.05) is 11.8 Å². The summed E-state index contributed by atoms with van der Waals surface area (Å²) in [6.07, 6.45) is 4.82. The number of hydrogen-bond donors (Lipinski definition) is 2. The van der Waals surface area contributed by atoms with Crippen molar-refractivity contribution in [3.63, 3.8) is 0 Å². The highest BCUT2D eigenvalue weighted by atomic mass is 16.5. The highest BCUT2D eigenvalue weighted by Gasteiger charge is 2.16. The molecule has 3 rings (SSSR count). The first-order valence-corrected chi connectivity index (χ1v) is 9.20. The standard InChI is InChI=1S/C21H24N2O4/c24-20(14-22-21(25)15-26-17-8-2-1-3-9-17)23-16-7-6-12-19(13-16)27-18-10-4-5-11-18/h1-3,6-9,12-13,18H,4-5,10-11,14-15H2,(H,22,25)(H,23,24). The zero-order valence-corrected chi connectivity index (χ0v) is 15.1. The predicted octanol–water partition coefficient (Wildman–Crippen LogP) is 3.14. The molecule has 1 fully saturated rings. The number of nitrogens with one attached hydrogen (secondary N) is 2. The Hall–Kier alpha value is -3.02. The molecule has 6 heteroatoms. The quantitative estimate of drug-likeness (QED) is 0.750. The second-order valence-corrected chi connectivity index (χ2v) is 6.48. The fraction of sp³-hybridized carbons (Fsp3) is 0.333. The summed E-state index contributed by atoms with van der Waals surface area (Å²) in [5.74, 6) is 0.699. The van der Waals surface area contributed by atoms with Crippen molar-refractivity contribution in [3.8, 4) is 11.5 Å². The molecule has 0 heterocycles. The molecular weight excluding hydrogens is 344 g/mol. The number of rotatable bonds is 8. The Morgan fingerprint density at radius 3 is 2.44 bits per heavy atom. The fourth-order valence-corrected chi connectivity index (χ4v) is 2.95. The molecule has 0 aromatic heterocycles. The summed E-state index contributed by atoms with van der Waals surface area (Å²) in [4.78, 5) is 23.8. The maximum atomic E-state index is 12.0. The summed E-state index contributed by atoms with van der Waals surface area (Å²) >= 11 is 0. The van der Waals surface area contributed by atoms with E-state index in [9.17, 15) is 9.59 Å². The molecule has 142 valence electrons. The molecule has 1 aliphatic rings. The van der Waals surface area contributed by atoms with Crippen LogP contribution < -0.4 is 20.1 Å². The first-order chi connectivity index (χ1) is 13.2. The lowest BCUT2D eigenvalue weighted by molar-refractivity contribution is -0.125. The summed E-state index contributed by atoms with van der Waals surface area (Å²) in [7, 11) is 0. The third-order valence-corrected chi connectivity index (χ3v) is 4.28. The molecule has 0 aliphatic heterocycles. The Labute approximate surface area is 158 Å². The molecule has 27 heavy (non-hydrogen) atoms. The van der Waals surface area contributed by atoms with Crippen molar-refractivity contribution in [1.82, 2.24) is 5.32 Å². The molecule has 6 nitrogen and oxygen atoms in total. The van der Waals surface area contributed by atoms with Crippen LogP contribution in [0.15, 0.2) is 54.6 Å². The van der Waals surface area contributed by atoms with E-state index in [2.05, 4.69) is 10.6 Å².